The molecule has 0 N–H and O–H groups in total. The third kappa shape index (κ3) is 10.5. The second-order valence-electron chi connectivity index (χ2n) is 9.21. The van der Waals surface area contributed by atoms with Crippen molar-refractivity contribution in [1.29, 1.82) is 0 Å². The molecule has 0 unspecified atom stereocenters. The van der Waals surface area contributed by atoms with Crippen LogP contribution in [0.15, 0.2) is 89.1 Å². The van der Waals surface area contributed by atoms with E-state index in [0.29, 0.717) is 12.2 Å². The summed E-state index contributed by atoms with van der Waals surface area (Å²) in [4.78, 5) is 12.3. The molecule has 0 aromatic heterocycles. The Bertz CT molecular complexity index is 1030. The molecule has 2 aromatic carbocycles. The van der Waals surface area contributed by atoms with Gasteiger partial charge in [0.15, 0.2) is 0 Å². The monoisotopic (exact) mass is 444 g/mol. The number of ether oxygens (including phenoxy) is 1. The molecular formula is C31H40O2. The van der Waals surface area contributed by atoms with E-state index in [-0.39, 0.29) is 5.97 Å². The zero-order chi connectivity index (χ0) is 24.1. The van der Waals surface area contributed by atoms with Gasteiger partial charge in [0.1, 0.15) is 6.61 Å². The molecule has 0 saturated heterocycles. The zero-order valence-electron chi connectivity index (χ0n) is 21.1. The second kappa shape index (κ2) is 14.3. The normalized spacial score (nSPS) is 12.7. The maximum atomic E-state index is 12.3. The molecule has 0 atom stereocenters. The SMILES string of the molecule is CC(C)=CCC/C(C)=C/CCC(C)=CCC/C(C)=C/COC(=O)c1ccc2ccccc2c1. The highest BCUT2D eigenvalue weighted by Gasteiger charge is 2.07. The quantitative estimate of drug-likeness (QED) is 0.241. The number of rotatable bonds is 12. The fourth-order valence-corrected chi connectivity index (χ4v) is 3.65. The van der Waals surface area contributed by atoms with Gasteiger partial charge < -0.3 is 4.74 Å². The number of carbonyl (C=O) groups excluding carboxylic acids is 1. The van der Waals surface area contributed by atoms with E-state index in [9.17, 15) is 4.79 Å². The number of hydrogen-bond donors (Lipinski definition) is 0. The molecule has 0 amide bonds. The van der Waals surface area contributed by atoms with Crippen molar-refractivity contribution in [3.8, 4) is 0 Å². The van der Waals surface area contributed by atoms with Crippen molar-refractivity contribution in [2.24, 2.45) is 0 Å². The van der Waals surface area contributed by atoms with Gasteiger partial charge in [0, 0.05) is 0 Å². The van der Waals surface area contributed by atoms with Crippen LogP contribution in [0.2, 0.25) is 0 Å². The molecule has 0 aliphatic rings. The van der Waals surface area contributed by atoms with E-state index in [1.54, 1.807) is 0 Å². The van der Waals surface area contributed by atoms with E-state index in [4.69, 9.17) is 4.74 Å². The molecular weight excluding hydrogens is 404 g/mol. The number of esters is 1. The summed E-state index contributed by atoms with van der Waals surface area (Å²) in [5.41, 5.74) is 6.17. The van der Waals surface area contributed by atoms with E-state index in [1.807, 2.05) is 48.5 Å². The number of carbonyl (C=O) groups is 1. The minimum atomic E-state index is -0.273. The first-order valence-electron chi connectivity index (χ1n) is 12.1. The van der Waals surface area contributed by atoms with Crippen LogP contribution < -0.4 is 0 Å². The molecule has 0 radical (unpaired) electrons. The van der Waals surface area contributed by atoms with Gasteiger partial charge in [-0.2, -0.15) is 0 Å². The highest BCUT2D eigenvalue weighted by Crippen LogP contribution is 2.17. The molecule has 0 spiro atoms. The van der Waals surface area contributed by atoms with Crippen LogP contribution in [0.5, 0.6) is 0 Å². The van der Waals surface area contributed by atoms with E-state index in [1.165, 1.54) is 22.3 Å². The van der Waals surface area contributed by atoms with Crippen LogP contribution in [0.3, 0.4) is 0 Å². The lowest BCUT2D eigenvalue weighted by Gasteiger charge is -2.05. The van der Waals surface area contributed by atoms with E-state index < -0.39 is 0 Å². The van der Waals surface area contributed by atoms with Crippen LogP contribution in [0, 0.1) is 0 Å². The minimum Gasteiger partial charge on any atom is -0.458 e. The molecule has 0 saturated carbocycles. The zero-order valence-corrected chi connectivity index (χ0v) is 21.1. The number of fused-ring (bicyclic) bond motifs is 1. The molecule has 0 aliphatic heterocycles. The molecule has 0 fully saturated rings. The fraction of sp³-hybridized carbons (Fsp3) is 0.387. The van der Waals surface area contributed by atoms with Gasteiger partial charge in [-0.05, 0) is 102 Å². The maximum absolute atomic E-state index is 12.3. The lowest BCUT2D eigenvalue weighted by molar-refractivity contribution is 0.0549. The Morgan fingerprint density at radius 2 is 1.24 bits per heavy atom. The van der Waals surface area contributed by atoms with Gasteiger partial charge in [0.2, 0.25) is 0 Å². The summed E-state index contributed by atoms with van der Waals surface area (Å²) in [6.45, 7) is 11.2. The van der Waals surface area contributed by atoms with Crippen molar-refractivity contribution in [2.45, 2.75) is 73.1 Å². The van der Waals surface area contributed by atoms with Gasteiger partial charge in [-0.25, -0.2) is 4.79 Å². The highest BCUT2D eigenvalue weighted by molar-refractivity contribution is 5.95. The van der Waals surface area contributed by atoms with Crippen LogP contribution in [-0.4, -0.2) is 12.6 Å². The van der Waals surface area contributed by atoms with Crippen LogP contribution in [0.1, 0.15) is 83.5 Å². The van der Waals surface area contributed by atoms with Crippen LogP contribution in [-0.2, 0) is 4.74 Å². The first-order valence-corrected chi connectivity index (χ1v) is 12.1. The predicted molar refractivity (Wildman–Crippen MR) is 143 cm³/mol. The topological polar surface area (TPSA) is 26.3 Å². The summed E-state index contributed by atoms with van der Waals surface area (Å²) in [5, 5.41) is 2.17. The first-order chi connectivity index (χ1) is 15.8. The minimum absolute atomic E-state index is 0.273. The Kier molecular flexibility index (Phi) is 11.4. The molecule has 0 aliphatic carbocycles. The van der Waals surface area contributed by atoms with Gasteiger partial charge in [0.25, 0.3) is 0 Å². The van der Waals surface area contributed by atoms with Crippen LogP contribution >= 0.6 is 0 Å². The number of benzene rings is 2. The van der Waals surface area contributed by atoms with E-state index in [2.05, 4.69) is 52.8 Å². The first kappa shape index (κ1) is 26.4. The molecule has 0 heterocycles. The summed E-state index contributed by atoms with van der Waals surface area (Å²) in [6, 6.07) is 13.7. The Morgan fingerprint density at radius 3 is 1.85 bits per heavy atom. The molecule has 2 rings (SSSR count). The molecule has 2 nitrogen and oxygen atoms in total. The Labute approximate surface area is 200 Å². The molecule has 0 bridgehead atoms. The third-order valence-corrected chi connectivity index (χ3v) is 5.79. The lowest BCUT2D eigenvalue weighted by Crippen LogP contribution is -2.05. The van der Waals surface area contributed by atoms with Gasteiger partial charge in [-0.3, -0.25) is 0 Å². The summed E-state index contributed by atoms with van der Waals surface area (Å²) >= 11 is 0. The largest absolute Gasteiger partial charge is 0.458 e. The van der Waals surface area contributed by atoms with Gasteiger partial charge in [-0.15, -0.1) is 0 Å². The average Bonchev–Trinajstić information content (AvgIpc) is 2.78. The van der Waals surface area contributed by atoms with Gasteiger partial charge in [-0.1, -0.05) is 70.9 Å². The summed E-state index contributed by atoms with van der Waals surface area (Å²) in [6.07, 6.45) is 15.6. The Balaban J connectivity index is 1.68. The second-order valence-corrected chi connectivity index (χ2v) is 9.21. The summed E-state index contributed by atoms with van der Waals surface area (Å²) < 4.78 is 5.45. The Hall–Kier alpha value is -2.87. The number of hydrogen-bond acceptors (Lipinski definition) is 2. The fourth-order valence-electron chi connectivity index (χ4n) is 3.65. The van der Waals surface area contributed by atoms with Crippen molar-refractivity contribution >= 4 is 16.7 Å². The lowest BCUT2D eigenvalue weighted by atomic mass is 10.0. The van der Waals surface area contributed by atoms with Crippen molar-refractivity contribution in [2.75, 3.05) is 6.61 Å². The molecule has 2 aromatic rings. The molecule has 2 heteroatoms. The smallest absolute Gasteiger partial charge is 0.338 e. The predicted octanol–water partition coefficient (Wildman–Crippen LogP) is 9.14. The molecule has 33 heavy (non-hydrogen) atoms. The highest BCUT2D eigenvalue weighted by atomic mass is 16.5. The van der Waals surface area contributed by atoms with Gasteiger partial charge >= 0.3 is 5.97 Å². The van der Waals surface area contributed by atoms with E-state index in [0.717, 1.165) is 49.3 Å². The average molecular weight is 445 g/mol. The van der Waals surface area contributed by atoms with Crippen LogP contribution in [0.25, 0.3) is 10.8 Å². The van der Waals surface area contributed by atoms with Crippen LogP contribution in [0.4, 0.5) is 0 Å². The molecule has 176 valence electrons. The van der Waals surface area contributed by atoms with E-state index >= 15 is 0 Å². The standard InChI is InChI=1S/C31H40O2/c1-24(2)11-8-12-25(3)13-9-14-26(4)15-10-16-27(5)21-22-33-31(32)30-20-19-28-17-6-7-18-29(28)23-30/h6-7,11,13,15,17-21,23H,8-10,12,14,16,22H2,1-5H3/b25-13+,26-15?,27-21+. The number of allylic oxidation sites excluding steroid dienone is 7. The summed E-state index contributed by atoms with van der Waals surface area (Å²) in [7, 11) is 0. The third-order valence-electron chi connectivity index (χ3n) is 5.79. The van der Waals surface area contributed by atoms with Gasteiger partial charge in [0.05, 0.1) is 5.56 Å². The Morgan fingerprint density at radius 1 is 0.697 bits per heavy atom. The van der Waals surface area contributed by atoms with Crippen molar-refractivity contribution in [3.05, 3.63) is 94.6 Å². The van der Waals surface area contributed by atoms with Crippen molar-refractivity contribution in [1.82, 2.24) is 0 Å². The van der Waals surface area contributed by atoms with Crippen molar-refractivity contribution < 1.29 is 9.53 Å². The maximum Gasteiger partial charge on any atom is 0.338 e. The van der Waals surface area contributed by atoms with Crippen molar-refractivity contribution in [3.63, 3.8) is 0 Å². The summed E-state index contributed by atoms with van der Waals surface area (Å²) in [5.74, 6) is -0.273.